The van der Waals surface area contributed by atoms with Crippen LogP contribution >= 0.6 is 0 Å². The van der Waals surface area contributed by atoms with Crippen LogP contribution in [0.1, 0.15) is 12.0 Å². The molecule has 1 N–H and O–H groups in total. The predicted molar refractivity (Wildman–Crippen MR) is 74.2 cm³/mol. The van der Waals surface area contributed by atoms with Gasteiger partial charge in [0.2, 0.25) is 0 Å². The number of ether oxygens (including phenoxy) is 1. The Balaban J connectivity index is 1.68. The summed E-state index contributed by atoms with van der Waals surface area (Å²) in [4.78, 5) is 12.1. The lowest BCUT2D eigenvalue weighted by Crippen LogP contribution is -2.35. The molecule has 1 aliphatic heterocycles. The van der Waals surface area contributed by atoms with Crippen LogP contribution in [0.15, 0.2) is 48.5 Å². The molecule has 1 heterocycles. The highest BCUT2D eigenvalue weighted by Gasteiger charge is 2.25. The van der Waals surface area contributed by atoms with Crippen LogP contribution in [0.2, 0.25) is 0 Å². The van der Waals surface area contributed by atoms with E-state index in [1.165, 1.54) is 24.3 Å². The number of aryl methyl sites for hydroxylation is 1. The molecule has 1 unspecified atom stereocenters. The number of nitrogens with one attached hydrogen (secondary N) is 1. The van der Waals surface area contributed by atoms with Crippen molar-refractivity contribution in [1.29, 1.82) is 0 Å². The molecular formula is C16H14FNO2. The molecule has 2 aromatic carbocycles. The average Bonchev–Trinajstić information content (AvgIpc) is 2.49. The smallest absolute Gasteiger partial charge is 0.265 e. The van der Waals surface area contributed by atoms with E-state index < -0.39 is 6.10 Å². The number of hydrogen-bond donors (Lipinski definition) is 1. The third-order valence-corrected chi connectivity index (χ3v) is 3.32. The van der Waals surface area contributed by atoms with Gasteiger partial charge in [0.05, 0.1) is 0 Å². The number of rotatable bonds is 2. The van der Waals surface area contributed by atoms with E-state index in [2.05, 4.69) is 5.32 Å². The third kappa shape index (κ3) is 2.64. The van der Waals surface area contributed by atoms with Gasteiger partial charge in [-0.1, -0.05) is 18.2 Å². The molecule has 20 heavy (non-hydrogen) atoms. The summed E-state index contributed by atoms with van der Waals surface area (Å²) in [5.41, 5.74) is 1.69. The van der Waals surface area contributed by atoms with Gasteiger partial charge in [-0.15, -0.1) is 0 Å². The summed E-state index contributed by atoms with van der Waals surface area (Å²) in [5.74, 6) is 0.231. The molecule has 1 amide bonds. The lowest BCUT2D eigenvalue weighted by atomic mass is 10.0. The first-order valence-electron chi connectivity index (χ1n) is 6.53. The van der Waals surface area contributed by atoms with Crippen molar-refractivity contribution in [2.75, 3.05) is 5.32 Å². The predicted octanol–water partition coefficient (Wildman–Crippen LogP) is 3.16. The highest BCUT2D eigenvalue weighted by molar-refractivity contribution is 5.94. The number of carbonyl (C=O) groups is 1. The fourth-order valence-corrected chi connectivity index (χ4v) is 2.26. The van der Waals surface area contributed by atoms with E-state index in [1.807, 2.05) is 24.3 Å². The molecule has 4 heteroatoms. The average molecular weight is 271 g/mol. The van der Waals surface area contributed by atoms with Crippen molar-refractivity contribution in [3.63, 3.8) is 0 Å². The van der Waals surface area contributed by atoms with Crippen molar-refractivity contribution >= 4 is 11.6 Å². The van der Waals surface area contributed by atoms with E-state index in [4.69, 9.17) is 4.74 Å². The van der Waals surface area contributed by atoms with E-state index >= 15 is 0 Å². The Morgan fingerprint density at radius 2 is 1.90 bits per heavy atom. The summed E-state index contributed by atoms with van der Waals surface area (Å²) in [6.45, 7) is 0. The zero-order valence-electron chi connectivity index (χ0n) is 10.8. The maximum atomic E-state index is 12.8. The molecule has 1 aliphatic rings. The maximum Gasteiger partial charge on any atom is 0.265 e. The molecule has 0 aliphatic carbocycles. The first kappa shape index (κ1) is 12.7. The number of para-hydroxylation sites is 1. The number of amides is 1. The summed E-state index contributed by atoms with van der Waals surface area (Å²) in [6.07, 6.45) is 0.955. The van der Waals surface area contributed by atoms with Crippen LogP contribution in [0.3, 0.4) is 0 Å². The zero-order chi connectivity index (χ0) is 13.9. The van der Waals surface area contributed by atoms with Gasteiger partial charge in [-0.05, 0) is 48.7 Å². The molecule has 0 aromatic heterocycles. The highest BCUT2D eigenvalue weighted by atomic mass is 19.1. The molecule has 0 bridgehead atoms. The van der Waals surface area contributed by atoms with Gasteiger partial charge in [0.25, 0.3) is 5.91 Å². The molecule has 1 atom stereocenters. The van der Waals surface area contributed by atoms with Gasteiger partial charge in [0.1, 0.15) is 11.6 Å². The van der Waals surface area contributed by atoms with Crippen LogP contribution in [0.25, 0.3) is 0 Å². The SMILES string of the molecule is O=C(Nc1ccc(F)cc1)C1CCc2ccccc2O1. The lowest BCUT2D eigenvalue weighted by molar-refractivity contribution is -0.123. The number of halogens is 1. The Morgan fingerprint density at radius 1 is 1.15 bits per heavy atom. The molecule has 0 saturated carbocycles. The minimum atomic E-state index is -0.505. The van der Waals surface area contributed by atoms with Gasteiger partial charge in [-0.25, -0.2) is 4.39 Å². The Hall–Kier alpha value is -2.36. The molecule has 0 fully saturated rings. The summed E-state index contributed by atoms with van der Waals surface area (Å²) in [7, 11) is 0. The normalized spacial score (nSPS) is 16.9. The van der Waals surface area contributed by atoms with Crippen molar-refractivity contribution in [2.24, 2.45) is 0 Å². The van der Waals surface area contributed by atoms with Crippen LogP contribution < -0.4 is 10.1 Å². The maximum absolute atomic E-state index is 12.8. The van der Waals surface area contributed by atoms with Gasteiger partial charge in [0.15, 0.2) is 6.10 Å². The Kier molecular flexibility index (Phi) is 3.37. The van der Waals surface area contributed by atoms with Gasteiger partial charge in [-0.2, -0.15) is 0 Å². The minimum Gasteiger partial charge on any atom is -0.480 e. The van der Waals surface area contributed by atoms with Crippen LogP contribution in [-0.2, 0) is 11.2 Å². The van der Waals surface area contributed by atoms with E-state index in [1.54, 1.807) is 0 Å². The Bertz CT molecular complexity index is 625. The fraction of sp³-hybridized carbons (Fsp3) is 0.188. The largest absolute Gasteiger partial charge is 0.480 e. The van der Waals surface area contributed by atoms with Crippen LogP contribution in [-0.4, -0.2) is 12.0 Å². The van der Waals surface area contributed by atoms with Gasteiger partial charge < -0.3 is 10.1 Å². The van der Waals surface area contributed by atoms with Gasteiger partial charge in [0, 0.05) is 5.69 Å². The summed E-state index contributed by atoms with van der Waals surface area (Å²) < 4.78 is 18.5. The molecule has 3 rings (SSSR count). The van der Waals surface area contributed by atoms with Crippen LogP contribution in [0, 0.1) is 5.82 Å². The van der Waals surface area contributed by atoms with Crippen molar-refractivity contribution < 1.29 is 13.9 Å². The molecule has 3 nitrogen and oxygen atoms in total. The Labute approximate surface area is 116 Å². The number of anilines is 1. The molecule has 0 radical (unpaired) electrons. The Morgan fingerprint density at radius 3 is 2.70 bits per heavy atom. The molecular weight excluding hydrogens is 257 g/mol. The van der Waals surface area contributed by atoms with E-state index in [0.717, 1.165) is 17.7 Å². The second-order valence-corrected chi connectivity index (χ2v) is 4.75. The first-order valence-corrected chi connectivity index (χ1v) is 6.53. The quantitative estimate of drug-likeness (QED) is 0.911. The zero-order valence-corrected chi connectivity index (χ0v) is 10.8. The van der Waals surface area contributed by atoms with E-state index in [0.29, 0.717) is 12.1 Å². The summed E-state index contributed by atoms with van der Waals surface area (Å²) in [5, 5.41) is 2.74. The number of hydrogen-bond acceptors (Lipinski definition) is 2. The van der Waals surface area contributed by atoms with Crippen molar-refractivity contribution in [3.05, 3.63) is 59.9 Å². The van der Waals surface area contributed by atoms with Crippen LogP contribution in [0.4, 0.5) is 10.1 Å². The van der Waals surface area contributed by atoms with Crippen molar-refractivity contribution in [1.82, 2.24) is 0 Å². The number of benzene rings is 2. The fourth-order valence-electron chi connectivity index (χ4n) is 2.26. The number of fused-ring (bicyclic) bond motifs is 1. The molecule has 0 saturated heterocycles. The van der Waals surface area contributed by atoms with Crippen molar-refractivity contribution in [3.8, 4) is 5.75 Å². The molecule has 2 aromatic rings. The van der Waals surface area contributed by atoms with Gasteiger partial charge in [-0.3, -0.25) is 4.79 Å². The van der Waals surface area contributed by atoms with Crippen LogP contribution in [0.5, 0.6) is 5.75 Å². The van der Waals surface area contributed by atoms with E-state index in [-0.39, 0.29) is 11.7 Å². The number of carbonyl (C=O) groups excluding carboxylic acids is 1. The first-order chi connectivity index (χ1) is 9.72. The van der Waals surface area contributed by atoms with Gasteiger partial charge >= 0.3 is 0 Å². The highest BCUT2D eigenvalue weighted by Crippen LogP contribution is 2.27. The lowest BCUT2D eigenvalue weighted by Gasteiger charge is -2.25. The summed E-state index contributed by atoms with van der Waals surface area (Å²) in [6, 6.07) is 13.4. The monoisotopic (exact) mass is 271 g/mol. The standard InChI is InChI=1S/C16H14FNO2/c17-12-6-8-13(9-7-12)18-16(19)15-10-5-11-3-1-2-4-14(11)20-15/h1-4,6-9,15H,5,10H2,(H,18,19). The minimum absolute atomic E-state index is 0.203. The second kappa shape index (κ2) is 5.33. The molecule has 0 spiro atoms. The molecule has 102 valence electrons. The topological polar surface area (TPSA) is 38.3 Å². The van der Waals surface area contributed by atoms with E-state index in [9.17, 15) is 9.18 Å². The summed E-state index contributed by atoms with van der Waals surface area (Å²) >= 11 is 0. The second-order valence-electron chi connectivity index (χ2n) is 4.75. The van der Waals surface area contributed by atoms with Crippen molar-refractivity contribution in [2.45, 2.75) is 18.9 Å². The third-order valence-electron chi connectivity index (χ3n) is 3.32.